The van der Waals surface area contributed by atoms with E-state index in [2.05, 4.69) is 0 Å². The first-order valence-electron chi connectivity index (χ1n) is 5.33. The first-order chi connectivity index (χ1) is 8.49. The Bertz CT molecular complexity index is 645. The van der Waals surface area contributed by atoms with Gasteiger partial charge in [0.15, 0.2) is 5.78 Å². The molecule has 1 aliphatic rings. The number of hydrogen-bond donors (Lipinski definition) is 0. The normalized spacial score (nSPS) is 12.6. The molecule has 2 aromatic carbocycles. The highest BCUT2D eigenvalue weighted by Gasteiger charge is 2.32. The molecule has 0 amide bonds. The molecule has 1 aliphatic carbocycles. The summed E-state index contributed by atoms with van der Waals surface area (Å²) in [6.07, 6.45) is 0. The fourth-order valence-electron chi connectivity index (χ4n) is 2.41. The third-order valence-corrected chi connectivity index (χ3v) is 3.09. The van der Waals surface area contributed by atoms with E-state index in [-0.39, 0.29) is 16.7 Å². The van der Waals surface area contributed by atoms with E-state index in [0.29, 0.717) is 11.1 Å². The van der Waals surface area contributed by atoms with E-state index in [4.69, 9.17) is 0 Å². The van der Waals surface area contributed by atoms with Crippen LogP contribution in [-0.4, -0.2) is 5.78 Å². The van der Waals surface area contributed by atoms with Crippen LogP contribution >= 0.6 is 0 Å². The van der Waals surface area contributed by atoms with Gasteiger partial charge in [-0.2, -0.15) is 0 Å². The summed E-state index contributed by atoms with van der Waals surface area (Å²) < 4.78 is 40.2. The van der Waals surface area contributed by atoms with E-state index >= 15 is 0 Å². The maximum Gasteiger partial charge on any atom is 0.194 e. The molecule has 0 spiro atoms. The minimum Gasteiger partial charge on any atom is -0.289 e. The minimum absolute atomic E-state index is 0.0452. The van der Waals surface area contributed by atoms with Gasteiger partial charge in [-0.15, -0.1) is 0 Å². The molecular weight excluding hydrogens is 241 g/mol. The third kappa shape index (κ3) is 1.32. The molecule has 0 aliphatic heterocycles. The van der Waals surface area contributed by atoms with Gasteiger partial charge >= 0.3 is 0 Å². The summed E-state index contributed by atoms with van der Waals surface area (Å²) in [4.78, 5) is 12.0. The molecule has 0 heterocycles. The number of halogens is 3. The number of carbonyl (C=O) groups excluding carboxylic acids is 1. The van der Waals surface area contributed by atoms with E-state index in [1.54, 1.807) is 6.92 Å². The Labute approximate surface area is 101 Å². The van der Waals surface area contributed by atoms with Gasteiger partial charge in [0.1, 0.15) is 17.5 Å². The highest BCUT2D eigenvalue weighted by Crippen LogP contribution is 2.41. The van der Waals surface area contributed by atoms with Crippen molar-refractivity contribution in [1.82, 2.24) is 0 Å². The Kier molecular flexibility index (Phi) is 2.11. The topological polar surface area (TPSA) is 17.1 Å². The van der Waals surface area contributed by atoms with Crippen LogP contribution in [0.3, 0.4) is 0 Å². The molecule has 0 aromatic heterocycles. The van der Waals surface area contributed by atoms with E-state index in [0.717, 1.165) is 18.2 Å². The van der Waals surface area contributed by atoms with Gasteiger partial charge < -0.3 is 0 Å². The van der Waals surface area contributed by atoms with Crippen LogP contribution in [0.15, 0.2) is 24.3 Å². The van der Waals surface area contributed by atoms with Crippen molar-refractivity contribution in [3.8, 4) is 11.1 Å². The third-order valence-electron chi connectivity index (χ3n) is 3.09. The second kappa shape index (κ2) is 3.45. The van der Waals surface area contributed by atoms with E-state index < -0.39 is 23.2 Å². The number of fused-ring (bicyclic) bond motifs is 3. The van der Waals surface area contributed by atoms with Crippen molar-refractivity contribution in [1.29, 1.82) is 0 Å². The smallest absolute Gasteiger partial charge is 0.194 e. The van der Waals surface area contributed by atoms with Crippen molar-refractivity contribution in [2.24, 2.45) is 0 Å². The Morgan fingerprint density at radius 3 is 2.06 bits per heavy atom. The first-order valence-corrected chi connectivity index (χ1v) is 5.33. The Morgan fingerprint density at radius 1 is 0.833 bits per heavy atom. The SMILES string of the molecule is Cc1cc(F)cc2c1-c1c(F)cc(F)cc1C2=O. The molecule has 3 rings (SSSR count). The zero-order chi connectivity index (χ0) is 13.0. The Balaban J connectivity index is 2.44. The summed E-state index contributed by atoms with van der Waals surface area (Å²) in [6, 6.07) is 3.99. The minimum atomic E-state index is -0.814. The van der Waals surface area contributed by atoms with Crippen LogP contribution < -0.4 is 0 Å². The lowest BCUT2D eigenvalue weighted by Gasteiger charge is -2.05. The van der Waals surface area contributed by atoms with Crippen LogP contribution in [0.25, 0.3) is 11.1 Å². The summed E-state index contributed by atoms with van der Waals surface area (Å²) in [5, 5.41) is 0. The maximum absolute atomic E-state index is 13.8. The van der Waals surface area contributed by atoms with Gasteiger partial charge in [0, 0.05) is 22.8 Å². The molecule has 0 N–H and O–H groups in total. The molecule has 4 heteroatoms. The lowest BCUT2D eigenvalue weighted by Crippen LogP contribution is -1.97. The van der Waals surface area contributed by atoms with Gasteiger partial charge in [-0.1, -0.05) is 0 Å². The number of ketones is 1. The van der Waals surface area contributed by atoms with Gasteiger partial charge in [0.05, 0.1) is 0 Å². The largest absolute Gasteiger partial charge is 0.289 e. The van der Waals surface area contributed by atoms with Crippen LogP contribution in [0.2, 0.25) is 0 Å². The van der Waals surface area contributed by atoms with E-state index in [1.807, 2.05) is 0 Å². The van der Waals surface area contributed by atoms with Crippen molar-refractivity contribution in [3.63, 3.8) is 0 Å². The monoisotopic (exact) mass is 248 g/mol. The molecule has 1 nitrogen and oxygen atoms in total. The van der Waals surface area contributed by atoms with Crippen LogP contribution in [0, 0.1) is 24.4 Å². The lowest BCUT2D eigenvalue weighted by atomic mass is 10.00. The predicted molar refractivity (Wildman–Crippen MR) is 59.9 cm³/mol. The molecule has 0 atom stereocenters. The zero-order valence-electron chi connectivity index (χ0n) is 9.35. The van der Waals surface area contributed by atoms with Crippen LogP contribution in [0.4, 0.5) is 13.2 Å². The van der Waals surface area contributed by atoms with Crippen molar-refractivity contribution < 1.29 is 18.0 Å². The standard InChI is InChI=1S/C14H7F3O/c1-6-2-7(15)3-9-12(6)13-10(14(9)18)4-8(16)5-11(13)17/h2-5H,1H3. The van der Waals surface area contributed by atoms with Gasteiger partial charge in [-0.05, 0) is 36.2 Å². The maximum atomic E-state index is 13.8. The van der Waals surface area contributed by atoms with Gasteiger partial charge in [0.25, 0.3) is 0 Å². The van der Waals surface area contributed by atoms with Gasteiger partial charge in [-0.3, -0.25) is 4.79 Å². The quantitative estimate of drug-likeness (QED) is 0.593. The van der Waals surface area contributed by atoms with E-state index in [1.165, 1.54) is 6.07 Å². The second-order valence-corrected chi connectivity index (χ2v) is 4.28. The predicted octanol–water partition coefficient (Wildman–Crippen LogP) is 3.62. The molecule has 0 saturated carbocycles. The molecule has 0 saturated heterocycles. The lowest BCUT2D eigenvalue weighted by molar-refractivity contribution is 0.104. The summed E-state index contributed by atoms with van der Waals surface area (Å²) >= 11 is 0. The summed E-state index contributed by atoms with van der Waals surface area (Å²) in [7, 11) is 0. The van der Waals surface area contributed by atoms with Crippen molar-refractivity contribution in [3.05, 3.63) is 58.4 Å². The van der Waals surface area contributed by atoms with Crippen LogP contribution in [-0.2, 0) is 0 Å². The fourth-order valence-corrected chi connectivity index (χ4v) is 2.41. The summed E-state index contributed by atoms with van der Waals surface area (Å²) in [6.45, 7) is 1.59. The van der Waals surface area contributed by atoms with Gasteiger partial charge in [-0.25, -0.2) is 13.2 Å². The summed E-state index contributed by atoms with van der Waals surface area (Å²) in [5.41, 5.74) is 0.925. The average molecular weight is 248 g/mol. The molecular formula is C14H7F3O. The number of benzene rings is 2. The molecule has 0 bridgehead atoms. The molecule has 0 radical (unpaired) electrons. The number of rotatable bonds is 0. The fraction of sp³-hybridized carbons (Fsp3) is 0.0714. The van der Waals surface area contributed by atoms with E-state index in [9.17, 15) is 18.0 Å². The second-order valence-electron chi connectivity index (χ2n) is 4.28. The Hall–Kier alpha value is -2.10. The molecule has 0 unspecified atom stereocenters. The number of carbonyl (C=O) groups is 1. The number of aryl methyl sites for hydroxylation is 1. The zero-order valence-corrected chi connectivity index (χ0v) is 9.35. The van der Waals surface area contributed by atoms with Gasteiger partial charge in [0.2, 0.25) is 0 Å². The number of hydrogen-bond acceptors (Lipinski definition) is 1. The van der Waals surface area contributed by atoms with Crippen molar-refractivity contribution in [2.75, 3.05) is 0 Å². The van der Waals surface area contributed by atoms with Crippen LogP contribution in [0.5, 0.6) is 0 Å². The highest BCUT2D eigenvalue weighted by molar-refractivity contribution is 6.22. The first kappa shape index (κ1) is 11.0. The molecule has 18 heavy (non-hydrogen) atoms. The van der Waals surface area contributed by atoms with Crippen molar-refractivity contribution >= 4 is 5.78 Å². The molecule has 90 valence electrons. The molecule has 0 fully saturated rings. The van der Waals surface area contributed by atoms with Crippen LogP contribution in [0.1, 0.15) is 21.5 Å². The average Bonchev–Trinajstić information content (AvgIpc) is 2.54. The highest BCUT2D eigenvalue weighted by atomic mass is 19.1. The molecule has 2 aromatic rings. The summed E-state index contributed by atoms with van der Waals surface area (Å²) in [5.74, 6) is -2.72. The van der Waals surface area contributed by atoms with Crippen molar-refractivity contribution in [2.45, 2.75) is 6.92 Å². The Morgan fingerprint density at radius 2 is 1.39 bits per heavy atom.